The summed E-state index contributed by atoms with van der Waals surface area (Å²) >= 11 is 1.67. The lowest BCUT2D eigenvalue weighted by Crippen LogP contribution is -2.26. The Morgan fingerprint density at radius 1 is 1.18 bits per heavy atom. The number of carboxylic acids is 1. The van der Waals surface area contributed by atoms with Crippen LogP contribution in [0.25, 0.3) is 0 Å². The number of carboxylic acid groups (broad SMARTS) is 1. The second kappa shape index (κ2) is 8.38. The Morgan fingerprint density at radius 2 is 2.05 bits per heavy atom. The largest absolute Gasteiger partial charge is 0.481 e. The Morgan fingerprint density at radius 3 is 2.77 bits per heavy atom. The molecule has 0 bridgehead atoms. The molecule has 0 aromatic carbocycles. The second-order valence-electron chi connectivity index (χ2n) is 5.06. The Hall–Kier alpha value is -2.08. The van der Waals surface area contributed by atoms with E-state index in [1.807, 2.05) is 34.3 Å². The smallest absolute Gasteiger partial charge is 0.303 e. The van der Waals surface area contributed by atoms with Crippen LogP contribution in [-0.4, -0.2) is 28.1 Å². The van der Waals surface area contributed by atoms with Gasteiger partial charge in [-0.1, -0.05) is 12.5 Å². The van der Waals surface area contributed by atoms with Gasteiger partial charge in [-0.3, -0.25) is 9.59 Å². The molecule has 6 heteroatoms. The Kier molecular flexibility index (Phi) is 6.21. The van der Waals surface area contributed by atoms with Crippen molar-refractivity contribution in [2.75, 3.05) is 6.54 Å². The highest BCUT2D eigenvalue weighted by molar-refractivity contribution is 7.09. The summed E-state index contributed by atoms with van der Waals surface area (Å²) in [6.07, 6.45) is 4.35. The first-order valence-corrected chi connectivity index (χ1v) is 8.22. The maximum absolute atomic E-state index is 12.2. The van der Waals surface area contributed by atoms with Crippen LogP contribution in [0.4, 0.5) is 0 Å². The van der Waals surface area contributed by atoms with Gasteiger partial charge in [0.25, 0.3) is 5.91 Å². The SMILES string of the molecule is O=C(O)CCCCCNC(=O)c1cccn1Cc1cccs1. The number of hydrogen-bond acceptors (Lipinski definition) is 3. The molecule has 0 aliphatic heterocycles. The molecule has 0 fully saturated rings. The zero-order valence-electron chi connectivity index (χ0n) is 12.3. The van der Waals surface area contributed by atoms with Crippen LogP contribution in [0.15, 0.2) is 35.8 Å². The van der Waals surface area contributed by atoms with Gasteiger partial charge >= 0.3 is 5.97 Å². The molecule has 0 unspecified atom stereocenters. The molecule has 0 atom stereocenters. The number of carbonyl (C=O) groups is 2. The molecule has 22 heavy (non-hydrogen) atoms. The number of amides is 1. The molecular weight excluding hydrogens is 300 g/mol. The standard InChI is InChI=1S/C16H20N2O3S/c19-15(20)8-2-1-3-9-17-16(21)14-7-4-10-18(14)12-13-6-5-11-22-13/h4-7,10-11H,1-3,8-9,12H2,(H,17,21)(H,19,20). The van der Waals surface area contributed by atoms with Crippen molar-refractivity contribution in [3.8, 4) is 0 Å². The van der Waals surface area contributed by atoms with Crippen LogP contribution in [-0.2, 0) is 11.3 Å². The van der Waals surface area contributed by atoms with Crippen LogP contribution < -0.4 is 5.32 Å². The molecule has 0 aliphatic carbocycles. The minimum absolute atomic E-state index is 0.0835. The Balaban J connectivity index is 1.76. The van der Waals surface area contributed by atoms with Crippen molar-refractivity contribution in [2.24, 2.45) is 0 Å². The Labute approximate surface area is 133 Å². The fraction of sp³-hybridized carbons (Fsp3) is 0.375. The van der Waals surface area contributed by atoms with Crippen molar-refractivity contribution in [2.45, 2.75) is 32.2 Å². The first-order chi connectivity index (χ1) is 10.7. The molecule has 118 valence electrons. The van der Waals surface area contributed by atoms with E-state index in [0.717, 1.165) is 12.8 Å². The number of rotatable bonds is 9. The van der Waals surface area contributed by atoms with Crippen LogP contribution in [0.3, 0.4) is 0 Å². The van der Waals surface area contributed by atoms with Crippen LogP contribution in [0, 0.1) is 0 Å². The summed E-state index contributed by atoms with van der Waals surface area (Å²) < 4.78 is 1.94. The van der Waals surface area contributed by atoms with Crippen molar-refractivity contribution in [1.82, 2.24) is 9.88 Å². The zero-order chi connectivity index (χ0) is 15.8. The summed E-state index contributed by atoms with van der Waals surface area (Å²) in [5, 5.41) is 13.5. The second-order valence-corrected chi connectivity index (χ2v) is 6.09. The average molecular weight is 320 g/mol. The molecule has 0 radical (unpaired) electrons. The summed E-state index contributed by atoms with van der Waals surface area (Å²) in [5.41, 5.74) is 0.652. The molecule has 1 amide bonds. The molecule has 2 rings (SSSR count). The van der Waals surface area contributed by atoms with E-state index in [1.165, 1.54) is 4.88 Å². The maximum Gasteiger partial charge on any atom is 0.303 e. The quantitative estimate of drug-likeness (QED) is 0.698. The van der Waals surface area contributed by atoms with Gasteiger partial charge in [-0.05, 0) is 36.4 Å². The number of aliphatic carboxylic acids is 1. The number of aromatic nitrogens is 1. The molecule has 2 N–H and O–H groups in total. The van der Waals surface area contributed by atoms with Crippen LogP contribution >= 0.6 is 11.3 Å². The van der Waals surface area contributed by atoms with Gasteiger partial charge in [0.15, 0.2) is 0 Å². The number of thiophene rings is 1. The van der Waals surface area contributed by atoms with Crippen molar-refractivity contribution in [1.29, 1.82) is 0 Å². The number of hydrogen-bond donors (Lipinski definition) is 2. The van der Waals surface area contributed by atoms with Crippen LogP contribution in [0.5, 0.6) is 0 Å². The fourth-order valence-corrected chi connectivity index (χ4v) is 2.90. The van der Waals surface area contributed by atoms with E-state index in [0.29, 0.717) is 25.2 Å². The topological polar surface area (TPSA) is 71.3 Å². The Bertz CT molecular complexity index is 605. The summed E-state index contributed by atoms with van der Waals surface area (Å²) in [6, 6.07) is 7.73. The van der Waals surface area contributed by atoms with Gasteiger partial charge < -0.3 is 15.0 Å². The highest BCUT2D eigenvalue weighted by Crippen LogP contribution is 2.13. The van der Waals surface area contributed by atoms with E-state index in [4.69, 9.17) is 5.11 Å². The highest BCUT2D eigenvalue weighted by Gasteiger charge is 2.10. The number of carbonyl (C=O) groups excluding carboxylic acids is 1. The normalized spacial score (nSPS) is 10.5. The predicted molar refractivity (Wildman–Crippen MR) is 86.3 cm³/mol. The third kappa shape index (κ3) is 5.04. The molecule has 2 aromatic rings. The van der Waals surface area contributed by atoms with Crippen LogP contribution in [0.2, 0.25) is 0 Å². The molecule has 0 spiro atoms. The van der Waals surface area contributed by atoms with Gasteiger partial charge in [0, 0.05) is 24.0 Å². The van der Waals surface area contributed by atoms with Crippen LogP contribution in [0.1, 0.15) is 41.0 Å². The monoisotopic (exact) mass is 320 g/mol. The van der Waals surface area contributed by atoms with E-state index in [-0.39, 0.29) is 12.3 Å². The lowest BCUT2D eigenvalue weighted by Gasteiger charge is -2.09. The third-order valence-corrected chi connectivity index (χ3v) is 4.18. The first kappa shape index (κ1) is 16.3. The van der Waals surface area contributed by atoms with Crippen molar-refractivity contribution in [3.63, 3.8) is 0 Å². The average Bonchev–Trinajstić information content (AvgIpc) is 3.14. The lowest BCUT2D eigenvalue weighted by atomic mass is 10.2. The molecule has 0 saturated carbocycles. The minimum atomic E-state index is -0.768. The summed E-state index contributed by atoms with van der Waals surface area (Å²) in [6.45, 7) is 1.27. The van der Waals surface area contributed by atoms with E-state index in [9.17, 15) is 9.59 Å². The summed E-state index contributed by atoms with van der Waals surface area (Å²) in [4.78, 5) is 23.8. The van der Waals surface area contributed by atoms with E-state index in [2.05, 4.69) is 11.4 Å². The summed E-state index contributed by atoms with van der Waals surface area (Å²) in [5.74, 6) is -0.852. The number of unbranched alkanes of at least 4 members (excludes halogenated alkanes) is 2. The van der Waals surface area contributed by atoms with Gasteiger partial charge in [-0.15, -0.1) is 11.3 Å². The van der Waals surface area contributed by atoms with Crippen molar-refractivity contribution < 1.29 is 14.7 Å². The lowest BCUT2D eigenvalue weighted by molar-refractivity contribution is -0.137. The maximum atomic E-state index is 12.2. The molecule has 2 heterocycles. The van der Waals surface area contributed by atoms with Crippen molar-refractivity contribution >= 4 is 23.2 Å². The van der Waals surface area contributed by atoms with E-state index >= 15 is 0 Å². The van der Waals surface area contributed by atoms with Gasteiger partial charge in [0.2, 0.25) is 0 Å². The summed E-state index contributed by atoms with van der Waals surface area (Å²) in [7, 11) is 0. The molecule has 5 nitrogen and oxygen atoms in total. The number of nitrogens with zero attached hydrogens (tertiary/aromatic N) is 1. The van der Waals surface area contributed by atoms with Crippen molar-refractivity contribution in [3.05, 3.63) is 46.4 Å². The molecular formula is C16H20N2O3S. The minimum Gasteiger partial charge on any atom is -0.481 e. The predicted octanol–water partition coefficient (Wildman–Crippen LogP) is 2.97. The molecule has 0 saturated heterocycles. The molecule has 2 aromatic heterocycles. The van der Waals surface area contributed by atoms with Gasteiger partial charge in [-0.25, -0.2) is 0 Å². The number of nitrogens with one attached hydrogen (secondary N) is 1. The van der Waals surface area contributed by atoms with Gasteiger partial charge in [-0.2, -0.15) is 0 Å². The van der Waals surface area contributed by atoms with E-state index in [1.54, 1.807) is 11.3 Å². The van der Waals surface area contributed by atoms with Gasteiger partial charge in [0.1, 0.15) is 5.69 Å². The van der Waals surface area contributed by atoms with E-state index < -0.39 is 5.97 Å². The zero-order valence-corrected chi connectivity index (χ0v) is 13.1. The first-order valence-electron chi connectivity index (χ1n) is 7.34. The molecule has 0 aliphatic rings. The highest BCUT2D eigenvalue weighted by atomic mass is 32.1. The third-order valence-electron chi connectivity index (χ3n) is 3.32. The fourth-order valence-electron chi connectivity index (χ4n) is 2.20. The van der Waals surface area contributed by atoms with Gasteiger partial charge in [0.05, 0.1) is 6.54 Å².